The molecule has 2 unspecified atom stereocenters. The Morgan fingerprint density at radius 2 is 2.06 bits per heavy atom. The molecule has 0 spiro atoms. The minimum atomic E-state index is -0.970. The number of rotatable bonds is 5. The van der Waals surface area contributed by atoms with Gasteiger partial charge in [-0.2, -0.15) is 0 Å². The molecule has 7 nitrogen and oxygen atoms in total. The van der Waals surface area contributed by atoms with Gasteiger partial charge >= 0.3 is 5.97 Å². The first-order chi connectivity index (χ1) is 8.31. The molecular weight excluding hydrogens is 240 g/mol. The predicted molar refractivity (Wildman–Crippen MR) is 60.4 cm³/mol. The second kappa shape index (κ2) is 5.61. The quantitative estimate of drug-likeness (QED) is 0.637. The summed E-state index contributed by atoms with van der Waals surface area (Å²) >= 11 is 0. The lowest BCUT2D eigenvalue weighted by Gasteiger charge is -2.13. The van der Waals surface area contributed by atoms with E-state index in [9.17, 15) is 19.2 Å². The number of likely N-dealkylation sites (N-methyl/N-ethyl adjacent to an activating group) is 1. The van der Waals surface area contributed by atoms with Crippen LogP contribution in [-0.2, 0) is 19.2 Å². The van der Waals surface area contributed by atoms with E-state index in [1.54, 1.807) is 6.92 Å². The number of carboxylic acid groups (broad SMARTS) is 1. The summed E-state index contributed by atoms with van der Waals surface area (Å²) in [4.78, 5) is 45.7. The molecule has 0 aromatic carbocycles. The molecule has 0 saturated carbocycles. The van der Waals surface area contributed by atoms with E-state index >= 15 is 0 Å². The number of carboxylic acids is 1. The first kappa shape index (κ1) is 14.1. The van der Waals surface area contributed by atoms with Gasteiger partial charge in [-0.1, -0.05) is 6.92 Å². The van der Waals surface area contributed by atoms with Crippen LogP contribution in [0.15, 0.2) is 0 Å². The van der Waals surface area contributed by atoms with Crippen molar-refractivity contribution in [3.8, 4) is 0 Å². The number of carbonyl (C=O) groups is 4. The van der Waals surface area contributed by atoms with Gasteiger partial charge in [0, 0.05) is 19.9 Å². The van der Waals surface area contributed by atoms with Gasteiger partial charge in [-0.25, -0.2) is 0 Å². The molecule has 1 aliphatic heterocycles. The van der Waals surface area contributed by atoms with Crippen LogP contribution in [-0.4, -0.2) is 46.8 Å². The Morgan fingerprint density at radius 1 is 1.44 bits per heavy atom. The number of carbonyl (C=O) groups excluding carboxylic acids is 3. The molecule has 18 heavy (non-hydrogen) atoms. The Labute approximate surface area is 104 Å². The van der Waals surface area contributed by atoms with Crippen molar-refractivity contribution in [2.24, 2.45) is 5.92 Å². The lowest BCUT2D eigenvalue weighted by molar-refractivity contribution is -0.140. The van der Waals surface area contributed by atoms with E-state index in [4.69, 9.17) is 5.11 Å². The largest absolute Gasteiger partial charge is 0.481 e. The van der Waals surface area contributed by atoms with E-state index in [-0.39, 0.29) is 31.1 Å². The number of nitrogens with one attached hydrogen (secondary N) is 1. The van der Waals surface area contributed by atoms with Gasteiger partial charge in [0.25, 0.3) is 5.91 Å². The van der Waals surface area contributed by atoms with Crippen LogP contribution in [0.3, 0.4) is 0 Å². The van der Waals surface area contributed by atoms with Gasteiger partial charge < -0.3 is 10.4 Å². The first-order valence-corrected chi connectivity index (χ1v) is 5.62. The minimum Gasteiger partial charge on any atom is -0.481 e. The molecule has 0 radical (unpaired) electrons. The summed E-state index contributed by atoms with van der Waals surface area (Å²) in [6, 6.07) is -0.813. The molecule has 0 aromatic rings. The highest BCUT2D eigenvalue weighted by Gasteiger charge is 2.36. The smallest absolute Gasteiger partial charge is 0.303 e. The number of hydrogen-bond acceptors (Lipinski definition) is 4. The van der Waals surface area contributed by atoms with Crippen molar-refractivity contribution < 1.29 is 24.3 Å². The molecule has 0 bridgehead atoms. The van der Waals surface area contributed by atoms with Gasteiger partial charge in [-0.15, -0.1) is 0 Å². The third-order valence-corrected chi connectivity index (χ3v) is 2.77. The fraction of sp³-hybridized carbons (Fsp3) is 0.636. The summed E-state index contributed by atoms with van der Waals surface area (Å²) in [6.45, 7) is 1.64. The Balaban J connectivity index is 2.44. The normalized spacial score (nSPS) is 21.0. The van der Waals surface area contributed by atoms with Gasteiger partial charge in [0.1, 0.15) is 6.04 Å². The average molecular weight is 256 g/mol. The zero-order valence-electron chi connectivity index (χ0n) is 10.3. The fourth-order valence-electron chi connectivity index (χ4n) is 1.81. The molecule has 100 valence electrons. The van der Waals surface area contributed by atoms with Crippen LogP contribution in [0, 0.1) is 5.92 Å². The number of hydrogen-bond donors (Lipinski definition) is 2. The second-order valence-corrected chi connectivity index (χ2v) is 4.52. The summed E-state index contributed by atoms with van der Waals surface area (Å²) < 4.78 is 0. The van der Waals surface area contributed by atoms with Crippen molar-refractivity contribution in [2.45, 2.75) is 32.2 Å². The molecule has 1 fully saturated rings. The van der Waals surface area contributed by atoms with Gasteiger partial charge in [-0.05, 0) is 5.92 Å². The summed E-state index contributed by atoms with van der Waals surface area (Å²) in [7, 11) is 1.36. The maximum absolute atomic E-state index is 11.6. The highest BCUT2D eigenvalue weighted by Crippen LogP contribution is 2.12. The minimum absolute atomic E-state index is 0.0218. The molecule has 1 aliphatic rings. The summed E-state index contributed by atoms with van der Waals surface area (Å²) in [5.41, 5.74) is 0. The van der Waals surface area contributed by atoms with E-state index < -0.39 is 23.8 Å². The lowest BCUT2D eigenvalue weighted by Crippen LogP contribution is -2.41. The average Bonchev–Trinajstić information content (AvgIpc) is 2.44. The maximum Gasteiger partial charge on any atom is 0.303 e. The molecule has 2 N–H and O–H groups in total. The highest BCUT2D eigenvalue weighted by atomic mass is 16.4. The third-order valence-electron chi connectivity index (χ3n) is 2.77. The molecular formula is C11H16N2O5. The Morgan fingerprint density at radius 3 is 2.50 bits per heavy atom. The Bertz CT molecular complexity index is 393. The van der Waals surface area contributed by atoms with E-state index in [0.717, 1.165) is 4.90 Å². The van der Waals surface area contributed by atoms with E-state index in [1.807, 2.05) is 0 Å². The summed E-state index contributed by atoms with van der Waals surface area (Å²) in [6.07, 6.45) is -0.118. The molecule has 7 heteroatoms. The standard InChI is InChI=1S/C11H16N2O5/c1-6(4-10(16)17)3-8(14)12-7-5-9(15)13(2)11(7)18/h6-7H,3-5H2,1-2H3,(H,12,14)(H,16,17). The third kappa shape index (κ3) is 3.54. The van der Waals surface area contributed by atoms with E-state index in [2.05, 4.69) is 5.32 Å². The van der Waals surface area contributed by atoms with Crippen LogP contribution in [0.1, 0.15) is 26.2 Å². The van der Waals surface area contributed by atoms with Crippen molar-refractivity contribution in [1.82, 2.24) is 10.2 Å². The molecule has 1 saturated heterocycles. The first-order valence-electron chi connectivity index (χ1n) is 5.62. The van der Waals surface area contributed by atoms with Crippen molar-refractivity contribution in [3.05, 3.63) is 0 Å². The van der Waals surface area contributed by atoms with Crippen LogP contribution in [0.25, 0.3) is 0 Å². The van der Waals surface area contributed by atoms with Crippen LogP contribution in [0.2, 0.25) is 0 Å². The number of nitrogens with zero attached hydrogens (tertiary/aromatic N) is 1. The fourth-order valence-corrected chi connectivity index (χ4v) is 1.81. The highest BCUT2D eigenvalue weighted by molar-refractivity contribution is 6.06. The van der Waals surface area contributed by atoms with Crippen LogP contribution < -0.4 is 5.32 Å². The Kier molecular flexibility index (Phi) is 4.41. The zero-order valence-corrected chi connectivity index (χ0v) is 10.3. The number of aliphatic carboxylic acids is 1. The van der Waals surface area contributed by atoms with Gasteiger partial charge in [0.05, 0.1) is 6.42 Å². The van der Waals surface area contributed by atoms with E-state index in [0.29, 0.717) is 0 Å². The van der Waals surface area contributed by atoms with Crippen molar-refractivity contribution >= 4 is 23.7 Å². The summed E-state index contributed by atoms with van der Waals surface area (Å²) in [5, 5.41) is 11.0. The zero-order chi connectivity index (χ0) is 13.9. The Hall–Kier alpha value is -1.92. The number of amides is 3. The monoisotopic (exact) mass is 256 g/mol. The SMILES string of the molecule is CC(CC(=O)O)CC(=O)NC1CC(=O)N(C)C1=O. The van der Waals surface area contributed by atoms with Gasteiger partial charge in [0.15, 0.2) is 0 Å². The number of likely N-dealkylation sites (tertiary alicyclic amines) is 1. The molecule has 2 atom stereocenters. The predicted octanol–water partition coefficient (Wildman–Crippen LogP) is -0.639. The van der Waals surface area contributed by atoms with Crippen LogP contribution >= 0.6 is 0 Å². The summed E-state index contributed by atoms with van der Waals surface area (Å²) in [5.74, 6) is -2.46. The van der Waals surface area contributed by atoms with E-state index in [1.165, 1.54) is 7.05 Å². The van der Waals surface area contributed by atoms with Gasteiger partial charge in [0.2, 0.25) is 11.8 Å². The molecule has 1 heterocycles. The molecule has 0 aliphatic carbocycles. The maximum atomic E-state index is 11.6. The molecule has 0 aromatic heterocycles. The van der Waals surface area contributed by atoms with Crippen LogP contribution in [0.5, 0.6) is 0 Å². The second-order valence-electron chi connectivity index (χ2n) is 4.52. The van der Waals surface area contributed by atoms with Gasteiger partial charge in [-0.3, -0.25) is 24.1 Å². The van der Waals surface area contributed by atoms with Crippen molar-refractivity contribution in [3.63, 3.8) is 0 Å². The molecule has 1 rings (SSSR count). The molecule has 3 amide bonds. The van der Waals surface area contributed by atoms with Crippen molar-refractivity contribution in [2.75, 3.05) is 7.05 Å². The van der Waals surface area contributed by atoms with Crippen molar-refractivity contribution in [1.29, 1.82) is 0 Å². The number of imide groups is 1. The topological polar surface area (TPSA) is 104 Å². The van der Waals surface area contributed by atoms with Crippen LogP contribution in [0.4, 0.5) is 0 Å². The lowest BCUT2D eigenvalue weighted by atomic mass is 10.0.